The lowest BCUT2D eigenvalue weighted by molar-refractivity contribution is -0.167. The van der Waals surface area contributed by atoms with Gasteiger partial charge in [-0.25, -0.2) is 0 Å². The Hall–Kier alpha value is -4.45. The van der Waals surface area contributed by atoms with Gasteiger partial charge in [0.05, 0.1) is 0 Å². The first-order valence-electron chi connectivity index (χ1n) is 27.7. The van der Waals surface area contributed by atoms with E-state index in [9.17, 15) is 14.4 Å². The third kappa shape index (κ3) is 54.4. The van der Waals surface area contributed by atoms with Crippen LogP contribution in [0.4, 0.5) is 0 Å². The molecule has 69 heavy (non-hydrogen) atoms. The van der Waals surface area contributed by atoms with Crippen molar-refractivity contribution < 1.29 is 28.6 Å². The average molecular weight is 953 g/mol. The first kappa shape index (κ1) is 64.5. The largest absolute Gasteiger partial charge is 0.462 e. The molecule has 0 aromatic heterocycles. The van der Waals surface area contributed by atoms with Crippen LogP contribution in [0.5, 0.6) is 0 Å². The van der Waals surface area contributed by atoms with E-state index < -0.39 is 6.10 Å². The summed E-state index contributed by atoms with van der Waals surface area (Å²) < 4.78 is 16.8. The van der Waals surface area contributed by atoms with Crippen molar-refractivity contribution in [1.29, 1.82) is 0 Å². The predicted octanol–water partition coefficient (Wildman–Crippen LogP) is 18.6. The van der Waals surface area contributed by atoms with Gasteiger partial charge >= 0.3 is 17.9 Å². The van der Waals surface area contributed by atoms with E-state index in [4.69, 9.17) is 14.2 Å². The standard InChI is InChI=1S/C63H100O6/c1-4-7-10-13-16-19-22-25-28-31-33-35-38-41-44-47-50-53-56-62(65)68-59-60(58-67-61(64)55-52-49-46-43-40-37-34-30-27-24-21-18-15-12-9-6-3)69-63(66)57-54-51-48-45-42-39-36-32-29-26-23-20-17-14-11-8-5-2/h8-9,11-12,17-18,20-22,25-31,33,35-36,39,45,48,60H,4-7,10,13-16,19,23-24,32,34,37-38,40-44,46-47,49-59H2,1-3H3/b11-8-,12-9-,20-17-,21-18-,25-22-,29-26-,30-27-,31-28-,35-33-,39-36-,48-45-. The van der Waals surface area contributed by atoms with Gasteiger partial charge in [-0.05, 0) is 116 Å². The van der Waals surface area contributed by atoms with Gasteiger partial charge in [-0.1, -0.05) is 225 Å². The molecule has 0 saturated carbocycles. The van der Waals surface area contributed by atoms with Crippen LogP contribution in [0, 0.1) is 0 Å². The molecule has 6 heteroatoms. The third-order valence-corrected chi connectivity index (χ3v) is 11.2. The molecule has 0 spiro atoms. The van der Waals surface area contributed by atoms with Crippen molar-refractivity contribution in [3.8, 4) is 0 Å². The molecule has 0 aromatic rings. The number of allylic oxidation sites excluding steroid dienone is 22. The van der Waals surface area contributed by atoms with E-state index in [0.29, 0.717) is 19.3 Å². The van der Waals surface area contributed by atoms with E-state index in [-0.39, 0.29) is 37.5 Å². The summed E-state index contributed by atoms with van der Waals surface area (Å²) >= 11 is 0. The fourth-order valence-electron chi connectivity index (χ4n) is 7.08. The van der Waals surface area contributed by atoms with Crippen LogP contribution in [0.25, 0.3) is 0 Å². The maximum absolute atomic E-state index is 12.8. The minimum absolute atomic E-state index is 0.119. The summed E-state index contributed by atoms with van der Waals surface area (Å²) in [5, 5.41) is 0. The molecule has 0 aromatic carbocycles. The van der Waals surface area contributed by atoms with E-state index in [1.165, 1.54) is 44.9 Å². The molecule has 0 fully saturated rings. The van der Waals surface area contributed by atoms with Crippen molar-refractivity contribution in [2.24, 2.45) is 0 Å². The summed E-state index contributed by atoms with van der Waals surface area (Å²) in [6.45, 7) is 6.31. The van der Waals surface area contributed by atoms with Crippen LogP contribution in [-0.4, -0.2) is 37.2 Å². The molecule has 0 heterocycles. The lowest BCUT2D eigenvalue weighted by Gasteiger charge is -2.18. The molecule has 0 saturated heterocycles. The highest BCUT2D eigenvalue weighted by atomic mass is 16.6. The summed E-state index contributed by atoms with van der Waals surface area (Å²) in [7, 11) is 0. The third-order valence-electron chi connectivity index (χ3n) is 11.2. The van der Waals surface area contributed by atoms with Gasteiger partial charge in [-0.2, -0.15) is 0 Å². The Labute approximate surface area is 424 Å². The van der Waals surface area contributed by atoms with Crippen molar-refractivity contribution in [2.45, 2.75) is 232 Å². The Morgan fingerprint density at radius 3 is 1.04 bits per heavy atom. The van der Waals surface area contributed by atoms with Gasteiger partial charge in [-0.3, -0.25) is 14.4 Å². The second-order valence-electron chi connectivity index (χ2n) is 17.8. The smallest absolute Gasteiger partial charge is 0.306 e. The second kappa shape index (κ2) is 56.1. The molecular weight excluding hydrogens is 853 g/mol. The Kier molecular flexibility index (Phi) is 52.5. The van der Waals surface area contributed by atoms with Crippen LogP contribution in [0.3, 0.4) is 0 Å². The highest BCUT2D eigenvalue weighted by molar-refractivity contribution is 5.71. The van der Waals surface area contributed by atoms with Crippen molar-refractivity contribution >= 4 is 17.9 Å². The fraction of sp³-hybridized carbons (Fsp3) is 0.603. The number of rotatable bonds is 48. The number of ether oxygens (including phenoxy) is 3. The minimum Gasteiger partial charge on any atom is -0.462 e. The lowest BCUT2D eigenvalue weighted by atomic mass is 10.1. The summed E-state index contributed by atoms with van der Waals surface area (Å²) in [6.07, 6.45) is 78.7. The molecule has 388 valence electrons. The molecule has 0 bridgehead atoms. The minimum atomic E-state index is -0.827. The maximum atomic E-state index is 12.8. The Balaban J connectivity index is 4.57. The zero-order valence-electron chi connectivity index (χ0n) is 44.3. The van der Waals surface area contributed by atoms with Crippen molar-refractivity contribution in [3.05, 3.63) is 134 Å². The van der Waals surface area contributed by atoms with Crippen molar-refractivity contribution in [1.82, 2.24) is 0 Å². The van der Waals surface area contributed by atoms with Gasteiger partial charge in [0.1, 0.15) is 13.2 Å². The zero-order chi connectivity index (χ0) is 50.0. The molecule has 6 nitrogen and oxygen atoms in total. The topological polar surface area (TPSA) is 78.9 Å². The zero-order valence-corrected chi connectivity index (χ0v) is 44.3. The fourth-order valence-corrected chi connectivity index (χ4v) is 7.08. The molecule has 1 unspecified atom stereocenters. The van der Waals surface area contributed by atoms with Crippen molar-refractivity contribution in [2.75, 3.05) is 13.2 Å². The van der Waals surface area contributed by atoms with E-state index >= 15 is 0 Å². The van der Waals surface area contributed by atoms with Gasteiger partial charge < -0.3 is 14.2 Å². The second-order valence-corrected chi connectivity index (χ2v) is 17.8. The Morgan fingerprint density at radius 1 is 0.319 bits per heavy atom. The molecule has 0 amide bonds. The SMILES string of the molecule is CC/C=C\C/C=C\C/C=C\C/C=C\C/C=C\CCCC(=O)OC(COC(=O)CCCCCCC\C=C/C=C\C=C/CCCCCCC)COC(=O)CCCCCCCC/C=C\C/C=C\C/C=C\CC. The van der Waals surface area contributed by atoms with E-state index in [1.54, 1.807) is 0 Å². The molecule has 0 N–H and O–H groups in total. The van der Waals surface area contributed by atoms with Crippen LogP contribution in [0.15, 0.2) is 134 Å². The number of hydrogen-bond donors (Lipinski definition) is 0. The number of unbranched alkanes of at least 4 members (excludes halogenated alkanes) is 17. The van der Waals surface area contributed by atoms with Crippen molar-refractivity contribution in [3.63, 3.8) is 0 Å². The van der Waals surface area contributed by atoms with E-state index in [2.05, 4.69) is 154 Å². The van der Waals surface area contributed by atoms with E-state index in [1.807, 2.05) is 0 Å². The molecule has 0 aliphatic rings. The van der Waals surface area contributed by atoms with Gasteiger partial charge in [0.15, 0.2) is 6.10 Å². The van der Waals surface area contributed by atoms with Gasteiger partial charge in [0, 0.05) is 19.3 Å². The molecule has 0 rings (SSSR count). The molecule has 0 aliphatic heterocycles. The number of carbonyl (C=O) groups is 3. The number of carbonyl (C=O) groups excluding carboxylic acids is 3. The highest BCUT2D eigenvalue weighted by Gasteiger charge is 2.19. The summed E-state index contributed by atoms with van der Waals surface area (Å²) in [5.41, 5.74) is 0. The first-order valence-corrected chi connectivity index (χ1v) is 27.7. The van der Waals surface area contributed by atoms with Crippen LogP contribution in [-0.2, 0) is 28.6 Å². The first-order chi connectivity index (χ1) is 34.0. The quantitative estimate of drug-likeness (QED) is 0.0199. The number of hydrogen-bond acceptors (Lipinski definition) is 6. The van der Waals surface area contributed by atoms with Gasteiger partial charge in [-0.15, -0.1) is 0 Å². The van der Waals surface area contributed by atoms with Crippen LogP contribution < -0.4 is 0 Å². The van der Waals surface area contributed by atoms with Crippen LogP contribution >= 0.6 is 0 Å². The highest BCUT2D eigenvalue weighted by Crippen LogP contribution is 2.13. The molecule has 0 radical (unpaired) electrons. The lowest BCUT2D eigenvalue weighted by Crippen LogP contribution is -2.30. The van der Waals surface area contributed by atoms with Gasteiger partial charge in [0.2, 0.25) is 0 Å². The van der Waals surface area contributed by atoms with Gasteiger partial charge in [0.25, 0.3) is 0 Å². The molecule has 0 aliphatic carbocycles. The Morgan fingerprint density at radius 2 is 0.638 bits per heavy atom. The normalized spacial score (nSPS) is 13.1. The molecular formula is C63H100O6. The van der Waals surface area contributed by atoms with Crippen LogP contribution in [0.1, 0.15) is 226 Å². The van der Waals surface area contributed by atoms with E-state index in [0.717, 1.165) is 135 Å². The predicted molar refractivity (Wildman–Crippen MR) is 297 cm³/mol. The average Bonchev–Trinajstić information content (AvgIpc) is 3.35. The summed E-state index contributed by atoms with van der Waals surface area (Å²) in [4.78, 5) is 38.1. The maximum Gasteiger partial charge on any atom is 0.306 e. The Bertz CT molecular complexity index is 1510. The van der Waals surface area contributed by atoms with Crippen LogP contribution in [0.2, 0.25) is 0 Å². The molecule has 1 atom stereocenters. The monoisotopic (exact) mass is 953 g/mol. The summed E-state index contributed by atoms with van der Waals surface area (Å²) in [5.74, 6) is -1.02. The number of esters is 3. The summed E-state index contributed by atoms with van der Waals surface area (Å²) in [6, 6.07) is 0.